The maximum atomic E-state index is 13.3. The maximum absolute atomic E-state index is 13.3. The molecule has 1 aromatic carbocycles. The van der Waals surface area contributed by atoms with E-state index in [1.54, 1.807) is 13.2 Å². The molecule has 16 heavy (non-hydrogen) atoms. The average Bonchev–Trinajstić information content (AvgIpc) is 2.29. The molecule has 0 fully saturated rings. The van der Waals surface area contributed by atoms with Crippen molar-refractivity contribution in [3.63, 3.8) is 0 Å². The van der Waals surface area contributed by atoms with E-state index in [4.69, 9.17) is 9.47 Å². The lowest BCUT2D eigenvalue weighted by atomic mass is 10.1. The fourth-order valence-corrected chi connectivity index (χ4v) is 1.40. The second-order valence-corrected chi connectivity index (χ2v) is 3.46. The van der Waals surface area contributed by atoms with Gasteiger partial charge in [0.2, 0.25) is 0 Å². The van der Waals surface area contributed by atoms with Crippen molar-refractivity contribution in [2.45, 2.75) is 6.42 Å². The van der Waals surface area contributed by atoms with Crippen LogP contribution in [0.25, 0.3) is 0 Å². The third kappa shape index (κ3) is 4.16. The van der Waals surface area contributed by atoms with Crippen LogP contribution in [0.4, 0.5) is 4.39 Å². The van der Waals surface area contributed by atoms with E-state index in [0.29, 0.717) is 6.61 Å². The summed E-state index contributed by atoms with van der Waals surface area (Å²) in [6, 6.07) is 5.04. The van der Waals surface area contributed by atoms with E-state index < -0.39 is 0 Å². The van der Waals surface area contributed by atoms with Crippen molar-refractivity contribution in [2.75, 3.05) is 33.9 Å². The van der Waals surface area contributed by atoms with Crippen molar-refractivity contribution in [2.24, 2.45) is 0 Å². The van der Waals surface area contributed by atoms with E-state index in [1.807, 2.05) is 6.07 Å². The van der Waals surface area contributed by atoms with Crippen LogP contribution in [0.1, 0.15) is 5.56 Å². The summed E-state index contributed by atoms with van der Waals surface area (Å²) in [5.74, 6) is -0.0204. The molecule has 0 bridgehead atoms. The molecule has 3 nitrogen and oxygen atoms in total. The van der Waals surface area contributed by atoms with Gasteiger partial charge in [-0.05, 0) is 30.7 Å². The van der Waals surface area contributed by atoms with Gasteiger partial charge in [0.1, 0.15) is 0 Å². The van der Waals surface area contributed by atoms with Gasteiger partial charge in [0.25, 0.3) is 0 Å². The van der Waals surface area contributed by atoms with Crippen molar-refractivity contribution in [1.29, 1.82) is 0 Å². The SMILES string of the molecule is COCCNCCc1ccc(OC)c(F)c1. The molecule has 0 aromatic heterocycles. The normalized spacial score (nSPS) is 10.4. The van der Waals surface area contributed by atoms with Crippen molar-refractivity contribution >= 4 is 0 Å². The largest absolute Gasteiger partial charge is 0.494 e. The number of hydrogen-bond acceptors (Lipinski definition) is 3. The van der Waals surface area contributed by atoms with E-state index in [1.165, 1.54) is 13.2 Å². The van der Waals surface area contributed by atoms with Gasteiger partial charge in [-0.3, -0.25) is 0 Å². The number of benzene rings is 1. The Labute approximate surface area is 95.6 Å². The standard InChI is InChI=1S/C12H18FNO2/c1-15-8-7-14-6-5-10-3-4-12(16-2)11(13)9-10/h3-4,9,14H,5-8H2,1-2H3. The third-order valence-corrected chi connectivity index (χ3v) is 2.29. The molecule has 0 spiro atoms. The molecule has 1 rings (SSSR count). The molecule has 0 unspecified atom stereocenters. The highest BCUT2D eigenvalue weighted by atomic mass is 19.1. The zero-order chi connectivity index (χ0) is 11.8. The lowest BCUT2D eigenvalue weighted by molar-refractivity contribution is 0.199. The number of hydrogen-bond donors (Lipinski definition) is 1. The fraction of sp³-hybridized carbons (Fsp3) is 0.500. The smallest absolute Gasteiger partial charge is 0.165 e. The predicted octanol–water partition coefficient (Wildman–Crippen LogP) is 1.61. The molecule has 0 atom stereocenters. The lowest BCUT2D eigenvalue weighted by Crippen LogP contribution is -2.21. The number of ether oxygens (including phenoxy) is 2. The van der Waals surface area contributed by atoms with E-state index in [0.717, 1.165) is 25.1 Å². The quantitative estimate of drug-likeness (QED) is 0.718. The van der Waals surface area contributed by atoms with Crippen LogP contribution in [0.2, 0.25) is 0 Å². The zero-order valence-electron chi connectivity index (χ0n) is 9.75. The van der Waals surface area contributed by atoms with Crippen molar-refractivity contribution < 1.29 is 13.9 Å². The van der Waals surface area contributed by atoms with Crippen molar-refractivity contribution in [3.05, 3.63) is 29.6 Å². The molecule has 0 heterocycles. The van der Waals surface area contributed by atoms with Crippen LogP contribution >= 0.6 is 0 Å². The Morgan fingerprint density at radius 2 is 2.06 bits per heavy atom. The summed E-state index contributed by atoms with van der Waals surface area (Å²) < 4.78 is 23.1. The van der Waals surface area contributed by atoms with Gasteiger partial charge in [0.05, 0.1) is 13.7 Å². The highest BCUT2D eigenvalue weighted by molar-refractivity contribution is 5.29. The first-order valence-corrected chi connectivity index (χ1v) is 5.30. The van der Waals surface area contributed by atoms with Gasteiger partial charge >= 0.3 is 0 Å². The summed E-state index contributed by atoms with van der Waals surface area (Å²) in [4.78, 5) is 0. The van der Waals surface area contributed by atoms with Crippen LogP contribution in [0, 0.1) is 5.82 Å². The molecular weight excluding hydrogens is 209 g/mol. The molecule has 0 saturated heterocycles. The first-order chi connectivity index (χ1) is 7.77. The summed E-state index contributed by atoms with van der Waals surface area (Å²) >= 11 is 0. The lowest BCUT2D eigenvalue weighted by Gasteiger charge is -2.06. The maximum Gasteiger partial charge on any atom is 0.165 e. The van der Waals surface area contributed by atoms with Crippen LogP contribution in [-0.2, 0) is 11.2 Å². The molecule has 90 valence electrons. The Kier molecular flexibility index (Phi) is 5.82. The van der Waals surface area contributed by atoms with Crippen LogP contribution in [0.3, 0.4) is 0 Å². The number of rotatable bonds is 7. The first-order valence-electron chi connectivity index (χ1n) is 5.30. The number of methoxy groups -OCH3 is 2. The fourth-order valence-electron chi connectivity index (χ4n) is 1.40. The minimum atomic E-state index is -0.308. The summed E-state index contributed by atoms with van der Waals surface area (Å²) in [5, 5.41) is 3.20. The Balaban J connectivity index is 2.34. The highest BCUT2D eigenvalue weighted by Crippen LogP contribution is 2.17. The first kappa shape index (κ1) is 12.9. The van der Waals surface area contributed by atoms with E-state index in [2.05, 4.69) is 5.32 Å². The van der Waals surface area contributed by atoms with Gasteiger partial charge in [-0.15, -0.1) is 0 Å². The van der Waals surface area contributed by atoms with Crippen LogP contribution in [-0.4, -0.2) is 33.9 Å². The monoisotopic (exact) mass is 227 g/mol. The van der Waals surface area contributed by atoms with Crippen molar-refractivity contribution in [3.8, 4) is 5.75 Å². The number of halogens is 1. The van der Waals surface area contributed by atoms with E-state index in [-0.39, 0.29) is 11.6 Å². The topological polar surface area (TPSA) is 30.5 Å². The van der Waals surface area contributed by atoms with Crippen molar-refractivity contribution in [1.82, 2.24) is 5.32 Å². The molecular formula is C12H18FNO2. The predicted molar refractivity (Wildman–Crippen MR) is 61.4 cm³/mol. The van der Waals surface area contributed by atoms with Gasteiger partial charge in [0, 0.05) is 13.7 Å². The molecule has 0 aliphatic rings. The Bertz CT molecular complexity index is 318. The van der Waals surface area contributed by atoms with E-state index in [9.17, 15) is 4.39 Å². The third-order valence-electron chi connectivity index (χ3n) is 2.29. The molecule has 1 N–H and O–H groups in total. The summed E-state index contributed by atoms with van der Waals surface area (Å²) in [6.45, 7) is 2.32. The van der Waals surface area contributed by atoms with Crippen LogP contribution in [0.5, 0.6) is 5.75 Å². The van der Waals surface area contributed by atoms with Crippen LogP contribution < -0.4 is 10.1 Å². The summed E-state index contributed by atoms with van der Waals surface area (Å²) in [5.41, 5.74) is 0.961. The molecule has 0 radical (unpaired) electrons. The molecule has 0 aliphatic heterocycles. The minimum Gasteiger partial charge on any atom is -0.494 e. The van der Waals surface area contributed by atoms with Gasteiger partial charge in [-0.25, -0.2) is 4.39 Å². The molecule has 1 aromatic rings. The summed E-state index contributed by atoms with van der Waals surface area (Å²) in [6.07, 6.45) is 0.796. The van der Waals surface area contributed by atoms with Gasteiger partial charge in [0.15, 0.2) is 11.6 Å². The second-order valence-electron chi connectivity index (χ2n) is 3.46. The number of nitrogens with one attached hydrogen (secondary N) is 1. The Morgan fingerprint density at radius 3 is 2.69 bits per heavy atom. The van der Waals surface area contributed by atoms with Crippen LogP contribution in [0.15, 0.2) is 18.2 Å². The van der Waals surface area contributed by atoms with Gasteiger partial charge in [-0.2, -0.15) is 0 Å². The minimum absolute atomic E-state index is 0.288. The Hall–Kier alpha value is -1.13. The highest BCUT2D eigenvalue weighted by Gasteiger charge is 2.02. The molecule has 0 saturated carbocycles. The molecule has 0 amide bonds. The second kappa shape index (κ2) is 7.19. The zero-order valence-corrected chi connectivity index (χ0v) is 9.75. The molecule has 0 aliphatic carbocycles. The van der Waals surface area contributed by atoms with Gasteiger partial charge in [-0.1, -0.05) is 6.07 Å². The Morgan fingerprint density at radius 1 is 1.25 bits per heavy atom. The van der Waals surface area contributed by atoms with Gasteiger partial charge < -0.3 is 14.8 Å². The molecule has 4 heteroatoms. The summed E-state index contributed by atoms with van der Waals surface area (Å²) in [7, 11) is 3.13. The average molecular weight is 227 g/mol. The van der Waals surface area contributed by atoms with E-state index >= 15 is 0 Å².